The average Bonchev–Trinajstić information content (AvgIpc) is 3.19. The van der Waals surface area contributed by atoms with E-state index in [0.717, 1.165) is 18.8 Å². The van der Waals surface area contributed by atoms with E-state index in [1.54, 1.807) is 0 Å². The topological polar surface area (TPSA) is 0 Å². The Balaban J connectivity index is 1.52. The van der Waals surface area contributed by atoms with Gasteiger partial charge in [-0.1, -0.05) is 111 Å². The Morgan fingerprint density at radius 2 is 1.48 bits per heavy atom. The summed E-state index contributed by atoms with van der Waals surface area (Å²) >= 11 is 0. The standard InChI is InChI=1S/C29H32/c1-23-9-6-12-25(17-16-23)26-13-7-15-28(19-18-26)29(2)21-8-14-27(20-22-29)24-10-4-3-5-11-24/h3-8,10-14,17-18,20-23,28H,9,15-16,19H2,1-2H3/t23-,28?,29?/m1/s1. The number of hydrogen-bond acceptors (Lipinski definition) is 0. The van der Waals surface area contributed by atoms with Crippen molar-refractivity contribution in [3.63, 3.8) is 0 Å². The molecule has 0 spiro atoms. The molecule has 3 atom stereocenters. The molecule has 148 valence electrons. The molecule has 2 unspecified atom stereocenters. The van der Waals surface area contributed by atoms with Crippen molar-refractivity contribution < 1.29 is 0 Å². The lowest BCUT2D eigenvalue weighted by Gasteiger charge is -2.31. The second-order valence-electron chi connectivity index (χ2n) is 8.92. The molecule has 0 saturated carbocycles. The van der Waals surface area contributed by atoms with Gasteiger partial charge >= 0.3 is 0 Å². The van der Waals surface area contributed by atoms with Crippen LogP contribution in [0.1, 0.15) is 45.1 Å². The molecule has 1 aromatic rings. The van der Waals surface area contributed by atoms with Crippen molar-refractivity contribution in [2.75, 3.05) is 0 Å². The van der Waals surface area contributed by atoms with Gasteiger partial charge in [-0.25, -0.2) is 0 Å². The smallest absolute Gasteiger partial charge is 0.00732 e. The summed E-state index contributed by atoms with van der Waals surface area (Å²) in [6, 6.07) is 10.7. The molecule has 0 N–H and O–H groups in total. The van der Waals surface area contributed by atoms with Gasteiger partial charge in [0, 0.05) is 5.41 Å². The van der Waals surface area contributed by atoms with Crippen LogP contribution in [0.2, 0.25) is 0 Å². The Morgan fingerprint density at radius 1 is 0.759 bits per heavy atom. The fourth-order valence-electron chi connectivity index (χ4n) is 4.48. The van der Waals surface area contributed by atoms with Crippen molar-refractivity contribution in [3.8, 4) is 0 Å². The maximum Gasteiger partial charge on any atom is 0.00732 e. The van der Waals surface area contributed by atoms with Crippen molar-refractivity contribution in [2.24, 2.45) is 17.3 Å². The molecule has 0 saturated heterocycles. The van der Waals surface area contributed by atoms with E-state index in [1.807, 2.05) is 0 Å². The molecule has 0 amide bonds. The highest BCUT2D eigenvalue weighted by Crippen LogP contribution is 2.40. The van der Waals surface area contributed by atoms with Gasteiger partial charge in [0.25, 0.3) is 0 Å². The van der Waals surface area contributed by atoms with Crippen molar-refractivity contribution in [3.05, 3.63) is 114 Å². The molecule has 29 heavy (non-hydrogen) atoms. The van der Waals surface area contributed by atoms with Crippen molar-refractivity contribution in [1.29, 1.82) is 0 Å². The molecule has 0 heterocycles. The molecule has 0 aliphatic heterocycles. The minimum atomic E-state index is 0.0610. The van der Waals surface area contributed by atoms with E-state index in [1.165, 1.54) is 35.1 Å². The first-order valence-electron chi connectivity index (χ1n) is 11.0. The van der Waals surface area contributed by atoms with Crippen molar-refractivity contribution >= 4 is 5.57 Å². The van der Waals surface area contributed by atoms with E-state index < -0.39 is 0 Å². The molecule has 1 aromatic carbocycles. The molecule has 0 nitrogen and oxygen atoms in total. The summed E-state index contributed by atoms with van der Waals surface area (Å²) in [5.41, 5.74) is 5.42. The van der Waals surface area contributed by atoms with Crippen LogP contribution >= 0.6 is 0 Å². The first-order chi connectivity index (χ1) is 14.1. The molecule has 0 bridgehead atoms. The summed E-state index contributed by atoms with van der Waals surface area (Å²) in [5, 5.41) is 0. The third-order valence-electron chi connectivity index (χ3n) is 6.59. The lowest BCUT2D eigenvalue weighted by molar-refractivity contribution is 0.331. The number of rotatable bonds is 3. The normalized spacial score (nSPS) is 29.4. The van der Waals surface area contributed by atoms with Crippen LogP contribution in [0.5, 0.6) is 0 Å². The number of benzene rings is 1. The van der Waals surface area contributed by atoms with E-state index in [-0.39, 0.29) is 5.41 Å². The molecule has 0 heteroatoms. The summed E-state index contributed by atoms with van der Waals surface area (Å²) in [7, 11) is 0. The summed E-state index contributed by atoms with van der Waals surface area (Å²) in [5.74, 6) is 1.32. The van der Waals surface area contributed by atoms with Crippen LogP contribution in [0.15, 0.2) is 108 Å². The lowest BCUT2D eigenvalue weighted by atomic mass is 9.73. The minimum absolute atomic E-state index is 0.0610. The fourth-order valence-corrected chi connectivity index (χ4v) is 4.48. The Hall–Kier alpha value is -2.60. The molecular formula is C29H32. The van der Waals surface area contributed by atoms with Crippen LogP contribution in [0.25, 0.3) is 5.57 Å². The summed E-state index contributed by atoms with van der Waals surface area (Å²) < 4.78 is 0. The molecule has 0 radical (unpaired) electrons. The highest BCUT2D eigenvalue weighted by molar-refractivity contribution is 5.76. The molecule has 0 aromatic heterocycles. The first kappa shape index (κ1) is 19.7. The van der Waals surface area contributed by atoms with Crippen LogP contribution in [-0.2, 0) is 0 Å². The van der Waals surface area contributed by atoms with Gasteiger partial charge in [0.15, 0.2) is 0 Å². The van der Waals surface area contributed by atoms with Crippen molar-refractivity contribution in [2.45, 2.75) is 39.5 Å². The predicted molar refractivity (Wildman–Crippen MR) is 126 cm³/mol. The largest absolute Gasteiger partial charge is 0.0837 e. The molecule has 4 rings (SSSR count). The summed E-state index contributed by atoms with van der Waals surface area (Å²) in [4.78, 5) is 0. The third-order valence-corrected chi connectivity index (χ3v) is 6.59. The van der Waals surface area contributed by atoms with Gasteiger partial charge in [0.1, 0.15) is 0 Å². The Labute approximate surface area is 176 Å². The highest BCUT2D eigenvalue weighted by atomic mass is 14.3. The zero-order valence-corrected chi connectivity index (χ0v) is 17.7. The Bertz CT molecular complexity index is 930. The third kappa shape index (κ3) is 4.70. The summed E-state index contributed by atoms with van der Waals surface area (Å²) in [6.07, 6.45) is 30.5. The molecule has 3 aliphatic rings. The van der Waals surface area contributed by atoms with Gasteiger partial charge in [-0.3, -0.25) is 0 Å². The Kier molecular flexibility index (Phi) is 6.00. The van der Waals surface area contributed by atoms with E-state index in [4.69, 9.17) is 0 Å². The number of allylic oxidation sites excluding steroid dienone is 14. The lowest BCUT2D eigenvalue weighted by Crippen LogP contribution is -2.22. The monoisotopic (exact) mass is 380 g/mol. The van der Waals surface area contributed by atoms with Crippen LogP contribution in [0.3, 0.4) is 0 Å². The molecular weight excluding hydrogens is 348 g/mol. The molecule has 0 fully saturated rings. The SMILES string of the molecule is C[C@@H]1CC=CC(C2=CCC(C3(C)C=CC=C(c4ccccc4)C=C3)CC=C2)=CC1. The fraction of sp³-hybridized carbons (Fsp3) is 0.310. The van der Waals surface area contributed by atoms with Gasteiger partial charge in [0.2, 0.25) is 0 Å². The van der Waals surface area contributed by atoms with Gasteiger partial charge in [-0.2, -0.15) is 0 Å². The van der Waals surface area contributed by atoms with E-state index in [2.05, 4.69) is 111 Å². The maximum atomic E-state index is 2.46. The number of hydrogen-bond donors (Lipinski definition) is 0. The van der Waals surface area contributed by atoms with Crippen LogP contribution in [0, 0.1) is 17.3 Å². The predicted octanol–water partition coefficient (Wildman–Crippen LogP) is 8.01. The van der Waals surface area contributed by atoms with E-state index in [9.17, 15) is 0 Å². The maximum absolute atomic E-state index is 2.46. The second-order valence-corrected chi connectivity index (χ2v) is 8.92. The first-order valence-corrected chi connectivity index (χ1v) is 11.0. The van der Waals surface area contributed by atoms with E-state index in [0.29, 0.717) is 5.92 Å². The average molecular weight is 381 g/mol. The summed E-state index contributed by atoms with van der Waals surface area (Å²) in [6.45, 7) is 4.71. The minimum Gasteiger partial charge on any atom is -0.0837 e. The van der Waals surface area contributed by atoms with Gasteiger partial charge < -0.3 is 0 Å². The zero-order valence-electron chi connectivity index (χ0n) is 17.7. The quantitative estimate of drug-likeness (QED) is 0.498. The molecule has 3 aliphatic carbocycles. The van der Waals surface area contributed by atoms with Crippen LogP contribution in [-0.4, -0.2) is 0 Å². The van der Waals surface area contributed by atoms with Gasteiger partial charge in [-0.15, -0.1) is 0 Å². The van der Waals surface area contributed by atoms with Gasteiger partial charge in [-0.05, 0) is 59.8 Å². The Morgan fingerprint density at radius 3 is 2.28 bits per heavy atom. The second kappa shape index (κ2) is 8.82. The van der Waals surface area contributed by atoms with E-state index >= 15 is 0 Å². The zero-order chi connectivity index (χ0) is 20.1. The highest BCUT2D eigenvalue weighted by Gasteiger charge is 2.29. The van der Waals surface area contributed by atoms with Crippen LogP contribution in [0.4, 0.5) is 0 Å². The van der Waals surface area contributed by atoms with Crippen LogP contribution < -0.4 is 0 Å². The van der Waals surface area contributed by atoms with Gasteiger partial charge in [0.05, 0.1) is 0 Å². The van der Waals surface area contributed by atoms with Crippen molar-refractivity contribution in [1.82, 2.24) is 0 Å².